The Labute approximate surface area is 146 Å². The molecule has 136 valence electrons. The van der Waals surface area contributed by atoms with Crippen LogP contribution in [0.4, 0.5) is 0 Å². The second-order valence-corrected chi connectivity index (χ2v) is 8.83. The van der Waals surface area contributed by atoms with Gasteiger partial charge in [0.05, 0.1) is 5.92 Å². The molecule has 2 saturated carbocycles. The van der Waals surface area contributed by atoms with Gasteiger partial charge >= 0.3 is 0 Å². The van der Waals surface area contributed by atoms with Gasteiger partial charge in [-0.3, -0.25) is 9.59 Å². The molecule has 0 aromatic heterocycles. The molecule has 2 amide bonds. The van der Waals surface area contributed by atoms with Gasteiger partial charge in [0.1, 0.15) is 0 Å². The molecule has 0 aromatic carbocycles. The number of hydrogen-bond acceptors (Lipinski definition) is 2. The quantitative estimate of drug-likeness (QED) is 0.857. The smallest absolute Gasteiger partial charge is 0.225 e. The molecule has 3 fully saturated rings. The number of nitrogens with one attached hydrogen (secondary N) is 1. The monoisotopic (exact) mass is 334 g/mol. The zero-order valence-corrected chi connectivity index (χ0v) is 15.6. The van der Waals surface area contributed by atoms with Crippen molar-refractivity contribution in [3.8, 4) is 0 Å². The van der Waals surface area contributed by atoms with Crippen LogP contribution in [0.15, 0.2) is 0 Å². The molecular weight excluding hydrogens is 300 g/mol. The number of carbonyl (C=O) groups is 2. The maximum atomic E-state index is 12.8. The summed E-state index contributed by atoms with van der Waals surface area (Å²) in [6.45, 7) is 7.46. The van der Waals surface area contributed by atoms with Gasteiger partial charge in [-0.05, 0) is 43.4 Å². The fraction of sp³-hybridized carbons (Fsp3) is 0.900. The van der Waals surface area contributed by atoms with Crippen molar-refractivity contribution in [1.82, 2.24) is 10.2 Å². The Balaban J connectivity index is 1.58. The Morgan fingerprint density at radius 3 is 2.54 bits per heavy atom. The van der Waals surface area contributed by atoms with Crippen LogP contribution in [0.5, 0.6) is 0 Å². The van der Waals surface area contributed by atoms with E-state index in [4.69, 9.17) is 0 Å². The van der Waals surface area contributed by atoms with Crippen LogP contribution in [0, 0.1) is 23.7 Å². The van der Waals surface area contributed by atoms with Crippen molar-refractivity contribution in [2.75, 3.05) is 6.54 Å². The Kier molecular flexibility index (Phi) is 5.51. The molecule has 0 unspecified atom stereocenters. The molecule has 0 spiro atoms. The third-order valence-electron chi connectivity index (χ3n) is 6.64. The first-order valence-electron chi connectivity index (χ1n) is 10.1. The zero-order chi connectivity index (χ0) is 17.3. The van der Waals surface area contributed by atoms with E-state index in [0.717, 1.165) is 19.3 Å². The minimum atomic E-state index is -0.136. The normalized spacial score (nSPS) is 35.0. The third kappa shape index (κ3) is 3.78. The molecular formula is C20H34N2O2. The van der Waals surface area contributed by atoms with Gasteiger partial charge in [-0.25, -0.2) is 0 Å². The topological polar surface area (TPSA) is 49.4 Å². The van der Waals surface area contributed by atoms with Crippen LogP contribution in [0.1, 0.15) is 72.1 Å². The highest BCUT2D eigenvalue weighted by Gasteiger charge is 2.40. The van der Waals surface area contributed by atoms with Crippen molar-refractivity contribution in [1.29, 1.82) is 0 Å². The average Bonchev–Trinajstić information content (AvgIpc) is 3.16. The molecule has 4 atom stereocenters. The summed E-state index contributed by atoms with van der Waals surface area (Å²) >= 11 is 0. The number of rotatable bonds is 4. The van der Waals surface area contributed by atoms with Gasteiger partial charge in [-0.15, -0.1) is 0 Å². The first kappa shape index (κ1) is 17.8. The third-order valence-corrected chi connectivity index (χ3v) is 6.64. The Bertz CT molecular complexity index is 470. The summed E-state index contributed by atoms with van der Waals surface area (Å²) in [5.74, 6) is 2.04. The van der Waals surface area contributed by atoms with E-state index in [1.54, 1.807) is 0 Å². The largest absolute Gasteiger partial charge is 0.353 e. The van der Waals surface area contributed by atoms with E-state index >= 15 is 0 Å². The molecule has 0 bridgehead atoms. The van der Waals surface area contributed by atoms with Crippen molar-refractivity contribution < 1.29 is 9.59 Å². The number of amides is 2. The molecule has 4 heteroatoms. The fourth-order valence-electron chi connectivity index (χ4n) is 5.14. The molecule has 3 rings (SSSR count). The summed E-state index contributed by atoms with van der Waals surface area (Å²) < 4.78 is 0. The van der Waals surface area contributed by atoms with Crippen LogP contribution in [0.2, 0.25) is 0 Å². The number of hydrogen-bond donors (Lipinski definition) is 1. The minimum Gasteiger partial charge on any atom is -0.353 e. The Hall–Kier alpha value is -1.06. The highest BCUT2D eigenvalue weighted by Crippen LogP contribution is 2.34. The van der Waals surface area contributed by atoms with Crippen molar-refractivity contribution >= 4 is 11.8 Å². The number of likely N-dealkylation sites (tertiary alicyclic amines) is 1. The van der Waals surface area contributed by atoms with Gasteiger partial charge in [-0.2, -0.15) is 0 Å². The van der Waals surface area contributed by atoms with Crippen LogP contribution in [0.3, 0.4) is 0 Å². The molecule has 3 aliphatic rings. The Morgan fingerprint density at radius 2 is 1.88 bits per heavy atom. The lowest BCUT2D eigenvalue weighted by molar-refractivity contribution is -0.130. The van der Waals surface area contributed by atoms with Crippen LogP contribution in [0.25, 0.3) is 0 Å². The van der Waals surface area contributed by atoms with Crippen LogP contribution in [-0.2, 0) is 9.59 Å². The van der Waals surface area contributed by atoms with Crippen molar-refractivity contribution in [2.24, 2.45) is 23.7 Å². The maximum absolute atomic E-state index is 12.8. The first-order valence-corrected chi connectivity index (χ1v) is 10.1. The molecule has 2 aliphatic carbocycles. The van der Waals surface area contributed by atoms with Gasteiger partial charge in [0.2, 0.25) is 11.8 Å². The standard InChI is InChI=1S/C20H34N2O2/c1-13(2)17-9-8-14(3)10-18(17)21-20(24)15-11-19(23)22(12-15)16-6-4-5-7-16/h13-18H,4-12H2,1-3H3,(H,21,24)/t14-,15+,17-,18-/m1/s1. The first-order chi connectivity index (χ1) is 11.5. The molecule has 4 nitrogen and oxygen atoms in total. The molecule has 1 heterocycles. The van der Waals surface area contributed by atoms with Crippen molar-refractivity contribution in [3.05, 3.63) is 0 Å². The van der Waals surface area contributed by atoms with Gasteiger partial charge < -0.3 is 10.2 Å². The molecule has 0 radical (unpaired) electrons. The van der Waals surface area contributed by atoms with Crippen LogP contribution in [-0.4, -0.2) is 35.3 Å². The highest BCUT2D eigenvalue weighted by atomic mass is 16.2. The number of nitrogens with zero attached hydrogens (tertiary/aromatic N) is 1. The van der Waals surface area contributed by atoms with E-state index < -0.39 is 0 Å². The summed E-state index contributed by atoms with van der Waals surface area (Å²) in [4.78, 5) is 27.1. The number of carbonyl (C=O) groups excluding carboxylic acids is 2. The van der Waals surface area contributed by atoms with E-state index in [-0.39, 0.29) is 23.8 Å². The Morgan fingerprint density at radius 1 is 1.17 bits per heavy atom. The van der Waals surface area contributed by atoms with Gasteiger partial charge in [0.25, 0.3) is 0 Å². The molecule has 0 aromatic rings. The molecule has 24 heavy (non-hydrogen) atoms. The zero-order valence-electron chi connectivity index (χ0n) is 15.6. The average molecular weight is 335 g/mol. The van der Waals surface area contributed by atoms with Gasteiger partial charge in [-0.1, -0.05) is 40.0 Å². The maximum Gasteiger partial charge on any atom is 0.225 e. The van der Waals surface area contributed by atoms with E-state index in [2.05, 4.69) is 26.1 Å². The van der Waals surface area contributed by atoms with Crippen LogP contribution < -0.4 is 5.32 Å². The van der Waals surface area contributed by atoms with E-state index in [1.165, 1.54) is 25.7 Å². The van der Waals surface area contributed by atoms with Gasteiger partial charge in [0.15, 0.2) is 0 Å². The lowest BCUT2D eigenvalue weighted by atomic mass is 9.74. The summed E-state index contributed by atoms with van der Waals surface area (Å²) in [5, 5.41) is 3.34. The second-order valence-electron chi connectivity index (χ2n) is 8.83. The molecule has 1 aliphatic heterocycles. The lowest BCUT2D eigenvalue weighted by Gasteiger charge is -2.38. The summed E-state index contributed by atoms with van der Waals surface area (Å²) in [6, 6.07) is 0.685. The summed E-state index contributed by atoms with van der Waals surface area (Å²) in [7, 11) is 0. The molecule has 1 N–H and O–H groups in total. The minimum absolute atomic E-state index is 0.119. The second kappa shape index (κ2) is 7.45. The van der Waals surface area contributed by atoms with E-state index in [1.807, 2.05) is 4.90 Å². The summed E-state index contributed by atoms with van der Waals surface area (Å²) in [5.41, 5.74) is 0. The van der Waals surface area contributed by atoms with E-state index in [9.17, 15) is 9.59 Å². The fourth-order valence-corrected chi connectivity index (χ4v) is 5.14. The van der Waals surface area contributed by atoms with Crippen molar-refractivity contribution in [3.63, 3.8) is 0 Å². The SMILES string of the molecule is CC(C)[C@H]1CC[C@@H](C)C[C@H]1NC(=O)[C@H]1CC(=O)N(C2CCCC2)C1. The highest BCUT2D eigenvalue weighted by molar-refractivity contribution is 5.89. The van der Waals surface area contributed by atoms with E-state index in [0.29, 0.717) is 36.8 Å². The molecule has 1 saturated heterocycles. The van der Waals surface area contributed by atoms with Gasteiger partial charge in [0, 0.05) is 25.0 Å². The van der Waals surface area contributed by atoms with Crippen LogP contribution >= 0.6 is 0 Å². The van der Waals surface area contributed by atoms with Crippen molar-refractivity contribution in [2.45, 2.75) is 84.2 Å². The lowest BCUT2D eigenvalue weighted by Crippen LogP contribution is -2.48. The predicted octanol–water partition coefficient (Wildman–Crippen LogP) is 3.35. The summed E-state index contributed by atoms with van der Waals surface area (Å²) in [6.07, 6.45) is 8.67. The predicted molar refractivity (Wildman–Crippen MR) is 95.3 cm³/mol.